The van der Waals surface area contributed by atoms with E-state index in [1.165, 1.54) is 7.11 Å². The van der Waals surface area contributed by atoms with Gasteiger partial charge in [0.05, 0.1) is 7.11 Å². The van der Waals surface area contributed by atoms with Crippen LogP contribution in [0.2, 0.25) is 0 Å². The minimum absolute atomic E-state index is 0.234. The van der Waals surface area contributed by atoms with Crippen LogP contribution in [0.5, 0.6) is 0 Å². The Hall–Kier alpha value is -1.90. The van der Waals surface area contributed by atoms with E-state index in [4.69, 9.17) is 0 Å². The van der Waals surface area contributed by atoms with E-state index < -0.39 is 0 Å². The largest absolute Gasteiger partial charge is 0.469 e. The molecule has 15 heavy (non-hydrogen) atoms. The molecule has 0 amide bonds. The van der Waals surface area contributed by atoms with Crippen LogP contribution in [0.15, 0.2) is 36.5 Å². The van der Waals surface area contributed by atoms with Crippen molar-refractivity contribution in [2.45, 2.75) is 6.42 Å². The van der Waals surface area contributed by atoms with Gasteiger partial charge in [0, 0.05) is 11.5 Å². The van der Waals surface area contributed by atoms with E-state index >= 15 is 0 Å². The van der Waals surface area contributed by atoms with Gasteiger partial charge in [-0.15, -0.1) is 0 Å². The second-order valence-electron chi connectivity index (χ2n) is 3.30. The van der Waals surface area contributed by atoms with Crippen molar-refractivity contribution in [3.05, 3.63) is 42.2 Å². The molecule has 2 aromatic rings. The fraction of sp³-hybridized carbons (Fsp3) is 0.167. The highest BCUT2D eigenvalue weighted by Gasteiger charge is 2.12. The van der Waals surface area contributed by atoms with Gasteiger partial charge in [0.1, 0.15) is 6.42 Å². The molecule has 0 fully saturated rings. The van der Waals surface area contributed by atoms with Crippen LogP contribution in [0.3, 0.4) is 0 Å². The summed E-state index contributed by atoms with van der Waals surface area (Å²) < 4.78 is 4.64. The van der Waals surface area contributed by atoms with E-state index in [-0.39, 0.29) is 12.4 Å². The van der Waals surface area contributed by atoms with E-state index in [2.05, 4.69) is 9.72 Å². The van der Waals surface area contributed by atoms with E-state index in [9.17, 15) is 4.79 Å². The monoisotopic (exact) mass is 202 g/mol. The number of rotatable bonds is 2. The lowest BCUT2D eigenvalue weighted by Crippen LogP contribution is -2.16. The SMILES string of the molecule is COC(=O)Cc1[nH+]ccc2ccccc12. The smallest absolute Gasteiger partial charge is 0.316 e. The number of aromatic amines is 1. The standard InChI is InChI=1S/C12H11NO2/c1-15-12(14)8-11-10-5-3-2-4-9(10)6-7-13-11/h2-7H,8H2,1H3/p+1. The summed E-state index contributed by atoms with van der Waals surface area (Å²) in [5.41, 5.74) is 0.889. The van der Waals surface area contributed by atoms with Crippen molar-refractivity contribution < 1.29 is 14.5 Å². The zero-order valence-corrected chi connectivity index (χ0v) is 8.49. The molecule has 0 saturated carbocycles. The summed E-state index contributed by atoms with van der Waals surface area (Å²) in [6.45, 7) is 0. The molecule has 0 saturated heterocycles. The zero-order chi connectivity index (χ0) is 10.7. The van der Waals surface area contributed by atoms with E-state index in [0.717, 1.165) is 16.5 Å². The maximum absolute atomic E-state index is 11.2. The number of benzene rings is 1. The van der Waals surface area contributed by atoms with Gasteiger partial charge >= 0.3 is 5.97 Å². The summed E-state index contributed by atoms with van der Waals surface area (Å²) in [7, 11) is 1.40. The van der Waals surface area contributed by atoms with Gasteiger partial charge in [0.2, 0.25) is 0 Å². The number of carbonyl (C=O) groups is 1. The molecule has 1 aromatic heterocycles. The Labute approximate surface area is 87.7 Å². The third-order valence-electron chi connectivity index (χ3n) is 2.36. The minimum atomic E-state index is -0.234. The first-order valence-electron chi connectivity index (χ1n) is 4.76. The Bertz CT molecular complexity index is 488. The second kappa shape index (κ2) is 4.09. The Kier molecular flexibility index (Phi) is 2.63. The number of hydrogen-bond donors (Lipinski definition) is 0. The highest BCUT2D eigenvalue weighted by Crippen LogP contribution is 2.14. The lowest BCUT2D eigenvalue weighted by Gasteiger charge is -1.99. The summed E-state index contributed by atoms with van der Waals surface area (Å²) in [5.74, 6) is -0.234. The van der Waals surface area contributed by atoms with E-state index in [0.29, 0.717) is 0 Å². The Morgan fingerprint density at radius 3 is 2.93 bits per heavy atom. The summed E-state index contributed by atoms with van der Waals surface area (Å²) >= 11 is 0. The highest BCUT2D eigenvalue weighted by molar-refractivity contribution is 5.86. The van der Waals surface area contributed by atoms with Crippen molar-refractivity contribution in [3.8, 4) is 0 Å². The van der Waals surface area contributed by atoms with Gasteiger partial charge < -0.3 is 4.74 Å². The molecule has 3 heteroatoms. The maximum Gasteiger partial charge on any atom is 0.316 e. The van der Waals surface area contributed by atoms with Crippen LogP contribution in [-0.4, -0.2) is 13.1 Å². The van der Waals surface area contributed by atoms with Crippen LogP contribution >= 0.6 is 0 Å². The molecule has 1 heterocycles. The normalized spacial score (nSPS) is 10.2. The molecule has 1 aromatic carbocycles. The molecule has 0 atom stereocenters. The molecule has 0 radical (unpaired) electrons. The van der Waals surface area contributed by atoms with Crippen LogP contribution in [0.4, 0.5) is 0 Å². The van der Waals surface area contributed by atoms with Crippen molar-refractivity contribution in [2.75, 3.05) is 7.11 Å². The second-order valence-corrected chi connectivity index (χ2v) is 3.30. The first kappa shape index (κ1) is 9.65. The Morgan fingerprint density at radius 1 is 1.33 bits per heavy atom. The Balaban J connectivity index is 2.46. The number of fused-ring (bicyclic) bond motifs is 1. The van der Waals surface area contributed by atoms with Crippen molar-refractivity contribution >= 4 is 16.7 Å². The summed E-state index contributed by atoms with van der Waals surface area (Å²) in [5, 5.41) is 2.18. The van der Waals surface area contributed by atoms with Gasteiger partial charge in [-0.3, -0.25) is 4.79 Å². The fourth-order valence-corrected chi connectivity index (χ4v) is 1.59. The maximum atomic E-state index is 11.2. The molecule has 0 aliphatic carbocycles. The molecule has 0 aliphatic rings. The highest BCUT2D eigenvalue weighted by atomic mass is 16.5. The zero-order valence-electron chi connectivity index (χ0n) is 8.49. The number of carbonyl (C=O) groups excluding carboxylic acids is 1. The lowest BCUT2D eigenvalue weighted by atomic mass is 10.1. The summed E-state index contributed by atoms with van der Waals surface area (Å²) in [4.78, 5) is 14.3. The molecule has 1 N–H and O–H groups in total. The minimum Gasteiger partial charge on any atom is -0.469 e. The predicted octanol–water partition coefficient (Wildman–Crippen LogP) is 1.37. The molecule has 0 unspecified atom stereocenters. The lowest BCUT2D eigenvalue weighted by molar-refractivity contribution is -0.387. The molecule has 0 bridgehead atoms. The van der Waals surface area contributed by atoms with Crippen molar-refractivity contribution in [1.82, 2.24) is 0 Å². The number of ether oxygens (including phenoxy) is 1. The van der Waals surface area contributed by atoms with E-state index in [1.807, 2.05) is 36.5 Å². The number of nitrogens with one attached hydrogen (secondary N) is 1. The number of esters is 1. The molecule has 76 valence electrons. The van der Waals surface area contributed by atoms with Gasteiger partial charge in [-0.2, -0.15) is 0 Å². The molecule has 0 aliphatic heterocycles. The molecule has 2 rings (SSSR count). The first-order chi connectivity index (χ1) is 7.31. The van der Waals surface area contributed by atoms with E-state index in [1.54, 1.807) is 0 Å². The van der Waals surface area contributed by atoms with Gasteiger partial charge in [0.25, 0.3) is 0 Å². The van der Waals surface area contributed by atoms with Gasteiger partial charge in [-0.1, -0.05) is 18.2 Å². The molecular weight excluding hydrogens is 190 g/mol. The van der Waals surface area contributed by atoms with Crippen LogP contribution in [0.1, 0.15) is 5.69 Å². The molecule has 0 spiro atoms. The van der Waals surface area contributed by atoms with Crippen LogP contribution in [0.25, 0.3) is 10.8 Å². The number of aromatic nitrogens is 1. The average Bonchev–Trinajstić information content (AvgIpc) is 2.29. The molecule has 3 nitrogen and oxygen atoms in total. The van der Waals surface area contributed by atoms with Crippen LogP contribution in [0, 0.1) is 0 Å². The van der Waals surface area contributed by atoms with Crippen molar-refractivity contribution in [1.29, 1.82) is 0 Å². The van der Waals surface area contributed by atoms with Crippen molar-refractivity contribution in [2.24, 2.45) is 0 Å². The first-order valence-corrected chi connectivity index (χ1v) is 4.76. The van der Waals surface area contributed by atoms with Gasteiger partial charge in [0.15, 0.2) is 11.9 Å². The third kappa shape index (κ3) is 1.96. The van der Waals surface area contributed by atoms with Crippen LogP contribution < -0.4 is 4.98 Å². The van der Waals surface area contributed by atoms with Crippen molar-refractivity contribution in [3.63, 3.8) is 0 Å². The summed E-state index contributed by atoms with van der Waals surface area (Å²) in [6.07, 6.45) is 2.11. The predicted molar refractivity (Wildman–Crippen MR) is 56.2 cm³/mol. The topological polar surface area (TPSA) is 40.4 Å². The molecular formula is C12H12NO2+. The Morgan fingerprint density at radius 2 is 2.13 bits per heavy atom. The van der Waals surface area contributed by atoms with Gasteiger partial charge in [-0.05, 0) is 11.5 Å². The number of pyridine rings is 1. The number of methoxy groups -OCH3 is 1. The fourth-order valence-electron chi connectivity index (χ4n) is 1.59. The van der Waals surface area contributed by atoms with Crippen LogP contribution in [-0.2, 0) is 16.0 Å². The third-order valence-corrected chi connectivity index (χ3v) is 2.36. The van der Waals surface area contributed by atoms with Gasteiger partial charge in [-0.25, -0.2) is 4.98 Å². The average molecular weight is 202 g/mol. The number of H-pyrrole nitrogens is 1. The number of hydrogen-bond acceptors (Lipinski definition) is 2. The summed E-state index contributed by atoms with van der Waals surface area (Å²) in [6, 6.07) is 9.92. The quantitative estimate of drug-likeness (QED) is 0.690.